The van der Waals surface area contributed by atoms with Gasteiger partial charge in [-0.1, -0.05) is 24.6 Å². The molecule has 1 fully saturated rings. The Balaban J connectivity index is 1.75. The topological polar surface area (TPSA) is 44.7 Å². The summed E-state index contributed by atoms with van der Waals surface area (Å²) in [6.45, 7) is 7.63. The Morgan fingerprint density at radius 1 is 1.53 bits per heavy atom. The molecule has 1 heterocycles. The molecule has 1 aliphatic heterocycles. The molecule has 2 N–H and O–H groups in total. The van der Waals surface area contributed by atoms with Crippen molar-refractivity contribution in [3.8, 4) is 5.75 Å². The lowest BCUT2D eigenvalue weighted by Crippen LogP contribution is -2.46. The molecule has 5 heteroatoms. The Morgan fingerprint density at radius 3 is 3.11 bits per heavy atom. The SMILES string of the molecule is CCN1CCOC(CNCc2ccc(O)c(Cl)c2)C1. The van der Waals surface area contributed by atoms with Gasteiger partial charge in [-0.05, 0) is 24.2 Å². The number of benzene rings is 1. The van der Waals surface area contributed by atoms with Crippen LogP contribution >= 0.6 is 11.6 Å². The number of likely N-dealkylation sites (N-methyl/N-ethyl adjacent to an activating group) is 1. The van der Waals surface area contributed by atoms with Gasteiger partial charge in [0.05, 0.1) is 17.7 Å². The summed E-state index contributed by atoms with van der Waals surface area (Å²) in [5, 5.41) is 13.1. The predicted octanol–water partition coefficient (Wildman–Crippen LogP) is 1.86. The maximum Gasteiger partial charge on any atom is 0.134 e. The van der Waals surface area contributed by atoms with Crippen LogP contribution in [0.5, 0.6) is 5.75 Å². The number of aromatic hydroxyl groups is 1. The average Bonchev–Trinajstić information content (AvgIpc) is 2.43. The van der Waals surface area contributed by atoms with Gasteiger partial charge in [0, 0.05) is 26.2 Å². The minimum Gasteiger partial charge on any atom is -0.506 e. The molecular formula is C14H21ClN2O2. The van der Waals surface area contributed by atoms with Gasteiger partial charge in [0.1, 0.15) is 5.75 Å². The van der Waals surface area contributed by atoms with E-state index in [1.54, 1.807) is 12.1 Å². The zero-order valence-electron chi connectivity index (χ0n) is 11.2. The maximum atomic E-state index is 9.35. The standard InChI is InChI=1S/C14H21ClN2O2/c1-2-17-5-6-19-12(10-17)9-16-8-11-3-4-14(18)13(15)7-11/h3-4,7,12,16,18H,2,5-6,8-10H2,1H3. The first-order chi connectivity index (χ1) is 9.19. The van der Waals surface area contributed by atoms with E-state index in [-0.39, 0.29) is 11.9 Å². The van der Waals surface area contributed by atoms with Crippen molar-refractivity contribution >= 4 is 11.6 Å². The summed E-state index contributed by atoms with van der Waals surface area (Å²) in [5.74, 6) is 0.125. The minimum absolute atomic E-state index is 0.125. The molecule has 1 unspecified atom stereocenters. The largest absolute Gasteiger partial charge is 0.506 e. The monoisotopic (exact) mass is 284 g/mol. The summed E-state index contributed by atoms with van der Waals surface area (Å²) in [4.78, 5) is 2.40. The summed E-state index contributed by atoms with van der Waals surface area (Å²) in [7, 11) is 0. The van der Waals surface area contributed by atoms with E-state index < -0.39 is 0 Å². The summed E-state index contributed by atoms with van der Waals surface area (Å²) in [6.07, 6.45) is 0.251. The number of halogens is 1. The van der Waals surface area contributed by atoms with Gasteiger partial charge in [-0.2, -0.15) is 0 Å². The lowest BCUT2D eigenvalue weighted by molar-refractivity contribution is -0.0253. The minimum atomic E-state index is 0.125. The van der Waals surface area contributed by atoms with Crippen LogP contribution in [0.1, 0.15) is 12.5 Å². The third-order valence-electron chi connectivity index (χ3n) is 3.38. The van der Waals surface area contributed by atoms with Crippen molar-refractivity contribution in [2.45, 2.75) is 19.6 Å². The molecule has 0 radical (unpaired) electrons. The van der Waals surface area contributed by atoms with E-state index >= 15 is 0 Å². The smallest absolute Gasteiger partial charge is 0.134 e. The van der Waals surface area contributed by atoms with Gasteiger partial charge in [0.2, 0.25) is 0 Å². The predicted molar refractivity (Wildman–Crippen MR) is 76.7 cm³/mol. The van der Waals surface area contributed by atoms with Crippen LogP contribution < -0.4 is 5.32 Å². The molecule has 0 aromatic heterocycles. The molecule has 0 bridgehead atoms. The Labute approximate surface area is 119 Å². The van der Waals surface area contributed by atoms with Gasteiger partial charge >= 0.3 is 0 Å². The average molecular weight is 285 g/mol. The molecule has 2 rings (SSSR count). The molecule has 1 aliphatic rings. The fourth-order valence-electron chi connectivity index (χ4n) is 2.23. The molecule has 0 amide bonds. The molecule has 4 nitrogen and oxygen atoms in total. The van der Waals surface area contributed by atoms with Gasteiger partial charge in [0.25, 0.3) is 0 Å². The zero-order valence-corrected chi connectivity index (χ0v) is 12.0. The van der Waals surface area contributed by atoms with Crippen LogP contribution in [-0.2, 0) is 11.3 Å². The van der Waals surface area contributed by atoms with Crippen molar-refractivity contribution in [1.29, 1.82) is 0 Å². The second-order valence-corrected chi connectivity index (χ2v) is 5.21. The molecule has 1 aromatic rings. The van der Waals surface area contributed by atoms with Crippen LogP contribution in [-0.4, -0.2) is 48.9 Å². The number of hydrogen-bond donors (Lipinski definition) is 2. The van der Waals surface area contributed by atoms with Crippen molar-refractivity contribution in [3.05, 3.63) is 28.8 Å². The van der Waals surface area contributed by atoms with Gasteiger partial charge < -0.3 is 15.2 Å². The van der Waals surface area contributed by atoms with Crippen LogP contribution in [0.15, 0.2) is 18.2 Å². The number of phenols is 1. The highest BCUT2D eigenvalue weighted by Crippen LogP contribution is 2.23. The number of nitrogens with zero attached hydrogens (tertiary/aromatic N) is 1. The van der Waals surface area contributed by atoms with E-state index in [1.807, 2.05) is 6.07 Å². The number of hydrogen-bond acceptors (Lipinski definition) is 4. The van der Waals surface area contributed by atoms with E-state index in [4.69, 9.17) is 16.3 Å². The number of morpholine rings is 1. The quantitative estimate of drug-likeness (QED) is 0.866. The number of nitrogens with one attached hydrogen (secondary N) is 1. The summed E-state index contributed by atoms with van der Waals surface area (Å²) in [5.41, 5.74) is 1.06. The first-order valence-corrected chi connectivity index (χ1v) is 7.09. The van der Waals surface area contributed by atoms with Gasteiger partial charge in [-0.3, -0.25) is 4.90 Å². The summed E-state index contributed by atoms with van der Waals surface area (Å²) < 4.78 is 5.72. The number of phenolic OH excluding ortho intramolecular Hbond substituents is 1. The molecule has 1 saturated heterocycles. The van der Waals surface area contributed by atoms with Gasteiger partial charge in [0.15, 0.2) is 0 Å². The van der Waals surface area contributed by atoms with Crippen LogP contribution in [0.2, 0.25) is 5.02 Å². The highest BCUT2D eigenvalue weighted by Gasteiger charge is 2.18. The highest BCUT2D eigenvalue weighted by molar-refractivity contribution is 6.32. The lowest BCUT2D eigenvalue weighted by Gasteiger charge is -2.32. The molecule has 1 aromatic carbocycles. The Kier molecular flexibility index (Phi) is 5.45. The first-order valence-electron chi connectivity index (χ1n) is 6.71. The molecule has 19 heavy (non-hydrogen) atoms. The van der Waals surface area contributed by atoms with E-state index in [0.717, 1.165) is 44.9 Å². The zero-order chi connectivity index (χ0) is 13.7. The molecule has 0 spiro atoms. The summed E-state index contributed by atoms with van der Waals surface area (Å²) in [6, 6.07) is 5.27. The van der Waals surface area contributed by atoms with Crippen LogP contribution in [0, 0.1) is 0 Å². The molecule has 0 saturated carbocycles. The van der Waals surface area contributed by atoms with Crippen LogP contribution in [0.3, 0.4) is 0 Å². The second-order valence-electron chi connectivity index (χ2n) is 4.80. The van der Waals surface area contributed by atoms with Crippen molar-refractivity contribution < 1.29 is 9.84 Å². The number of ether oxygens (including phenoxy) is 1. The molecule has 1 atom stereocenters. The highest BCUT2D eigenvalue weighted by atomic mass is 35.5. The maximum absolute atomic E-state index is 9.35. The van der Waals surface area contributed by atoms with Crippen LogP contribution in [0.4, 0.5) is 0 Å². The number of rotatable bonds is 5. The van der Waals surface area contributed by atoms with Gasteiger partial charge in [-0.25, -0.2) is 0 Å². The second kappa shape index (κ2) is 7.10. The first kappa shape index (κ1) is 14.6. The van der Waals surface area contributed by atoms with E-state index in [0.29, 0.717) is 5.02 Å². The van der Waals surface area contributed by atoms with Crippen LogP contribution in [0.25, 0.3) is 0 Å². The van der Waals surface area contributed by atoms with Crippen molar-refractivity contribution in [2.75, 3.05) is 32.8 Å². The van der Waals surface area contributed by atoms with E-state index in [1.165, 1.54) is 0 Å². The van der Waals surface area contributed by atoms with Crippen molar-refractivity contribution in [3.63, 3.8) is 0 Å². The molecular weight excluding hydrogens is 264 g/mol. The Hall–Kier alpha value is -0.810. The third-order valence-corrected chi connectivity index (χ3v) is 3.69. The van der Waals surface area contributed by atoms with E-state index in [9.17, 15) is 5.11 Å². The Morgan fingerprint density at radius 2 is 2.37 bits per heavy atom. The van der Waals surface area contributed by atoms with Crippen molar-refractivity contribution in [1.82, 2.24) is 10.2 Å². The lowest BCUT2D eigenvalue weighted by atomic mass is 10.2. The Bertz CT molecular complexity index is 414. The molecule has 106 valence electrons. The molecule has 0 aliphatic carbocycles. The van der Waals surface area contributed by atoms with Crippen molar-refractivity contribution in [2.24, 2.45) is 0 Å². The summed E-state index contributed by atoms with van der Waals surface area (Å²) >= 11 is 5.87. The van der Waals surface area contributed by atoms with E-state index in [2.05, 4.69) is 17.1 Å². The fraction of sp³-hybridized carbons (Fsp3) is 0.571. The normalized spacial score (nSPS) is 20.6. The van der Waals surface area contributed by atoms with Gasteiger partial charge in [-0.15, -0.1) is 0 Å². The third kappa shape index (κ3) is 4.35. The fourth-order valence-corrected chi connectivity index (χ4v) is 2.43.